The fourth-order valence-corrected chi connectivity index (χ4v) is 5.33. The zero-order chi connectivity index (χ0) is 17.8. The molecule has 4 rings (SSSR count). The Morgan fingerprint density at radius 2 is 1.96 bits per heavy atom. The molecule has 0 fully saturated rings. The van der Waals surface area contributed by atoms with Crippen molar-refractivity contribution in [3.05, 3.63) is 65.1 Å². The number of Topliss-reactive ketones (excluding diaryl/α,β-unsaturated/α-hetero) is 1. The molecule has 130 valence electrons. The molecule has 0 aliphatic heterocycles. The number of hydrogen-bond donors (Lipinski definition) is 0. The second-order valence-corrected chi connectivity index (χ2v) is 8.79. The van der Waals surface area contributed by atoms with Gasteiger partial charge >= 0.3 is 0 Å². The van der Waals surface area contributed by atoms with Crippen LogP contribution in [-0.4, -0.2) is 21.5 Å². The number of fused-ring (bicyclic) bond motifs is 1. The van der Waals surface area contributed by atoms with E-state index in [1.807, 2.05) is 35.7 Å². The Morgan fingerprint density at radius 1 is 1.08 bits per heavy atom. The summed E-state index contributed by atoms with van der Waals surface area (Å²) in [4.78, 5) is 24.0. The van der Waals surface area contributed by atoms with E-state index < -0.39 is 0 Å². The van der Waals surface area contributed by atoms with E-state index in [-0.39, 0.29) is 5.78 Å². The van der Waals surface area contributed by atoms with Gasteiger partial charge in [0.1, 0.15) is 16.2 Å². The van der Waals surface area contributed by atoms with Crippen molar-refractivity contribution in [1.82, 2.24) is 9.97 Å². The van der Waals surface area contributed by atoms with Crippen molar-refractivity contribution in [1.29, 1.82) is 0 Å². The van der Waals surface area contributed by atoms with Crippen molar-refractivity contribution in [3.63, 3.8) is 0 Å². The van der Waals surface area contributed by atoms with Gasteiger partial charge in [-0.1, -0.05) is 36.4 Å². The lowest BCUT2D eigenvalue weighted by atomic mass is 10.2. The number of carbonyl (C=O) groups is 1. The fraction of sp³-hybridized carbons (Fsp3) is 0.150. The minimum atomic E-state index is 0.232. The summed E-state index contributed by atoms with van der Waals surface area (Å²) in [7, 11) is 0. The SMILES string of the molecule is O=C(CCCSc1ncnc2sc(-c3ccccc3)cc12)c1cccs1. The third-order valence-corrected chi connectivity index (χ3v) is 7.03. The van der Waals surface area contributed by atoms with Gasteiger partial charge in [0.2, 0.25) is 0 Å². The normalized spacial score (nSPS) is 11.1. The smallest absolute Gasteiger partial charge is 0.172 e. The van der Waals surface area contributed by atoms with Crippen LogP contribution in [0.3, 0.4) is 0 Å². The molecule has 0 amide bonds. The average Bonchev–Trinajstić information content (AvgIpc) is 3.35. The van der Waals surface area contributed by atoms with Crippen molar-refractivity contribution >= 4 is 50.4 Å². The zero-order valence-corrected chi connectivity index (χ0v) is 16.4. The maximum atomic E-state index is 12.1. The lowest BCUT2D eigenvalue weighted by Crippen LogP contribution is -1.96. The third-order valence-electron chi connectivity index (χ3n) is 3.93. The predicted octanol–water partition coefficient (Wildman–Crippen LogP) is 6.18. The van der Waals surface area contributed by atoms with Gasteiger partial charge in [-0.25, -0.2) is 9.97 Å². The van der Waals surface area contributed by atoms with E-state index in [4.69, 9.17) is 0 Å². The van der Waals surface area contributed by atoms with Crippen LogP contribution in [0, 0.1) is 0 Å². The highest BCUT2D eigenvalue weighted by Crippen LogP contribution is 2.36. The first kappa shape index (κ1) is 17.4. The molecule has 0 atom stereocenters. The molecule has 1 aromatic carbocycles. The zero-order valence-electron chi connectivity index (χ0n) is 13.9. The molecule has 3 nitrogen and oxygen atoms in total. The molecule has 6 heteroatoms. The Kier molecular flexibility index (Phi) is 5.43. The lowest BCUT2D eigenvalue weighted by Gasteiger charge is -2.01. The molecule has 3 heterocycles. The molecule has 0 spiro atoms. The lowest BCUT2D eigenvalue weighted by molar-refractivity contribution is 0.0986. The van der Waals surface area contributed by atoms with Crippen molar-refractivity contribution in [2.24, 2.45) is 0 Å². The van der Waals surface area contributed by atoms with Crippen LogP contribution in [0.5, 0.6) is 0 Å². The van der Waals surface area contributed by atoms with Crippen LogP contribution in [-0.2, 0) is 0 Å². The van der Waals surface area contributed by atoms with Crippen molar-refractivity contribution in [2.75, 3.05) is 5.75 Å². The largest absolute Gasteiger partial charge is 0.293 e. The Labute approximate surface area is 164 Å². The molecule has 0 radical (unpaired) electrons. The minimum absolute atomic E-state index is 0.232. The maximum Gasteiger partial charge on any atom is 0.172 e. The van der Waals surface area contributed by atoms with E-state index in [9.17, 15) is 4.79 Å². The molecule has 0 aliphatic rings. The van der Waals surface area contributed by atoms with Gasteiger partial charge in [-0.3, -0.25) is 4.79 Å². The summed E-state index contributed by atoms with van der Waals surface area (Å²) in [6.45, 7) is 0. The molecule has 0 saturated heterocycles. The first-order valence-electron chi connectivity index (χ1n) is 8.31. The third kappa shape index (κ3) is 3.87. The van der Waals surface area contributed by atoms with Gasteiger partial charge in [-0.15, -0.1) is 34.4 Å². The highest BCUT2D eigenvalue weighted by Gasteiger charge is 2.11. The summed E-state index contributed by atoms with van der Waals surface area (Å²) in [5.41, 5.74) is 1.20. The van der Waals surface area contributed by atoms with Crippen molar-refractivity contribution in [3.8, 4) is 10.4 Å². The van der Waals surface area contributed by atoms with Gasteiger partial charge in [0.15, 0.2) is 5.78 Å². The highest BCUT2D eigenvalue weighted by atomic mass is 32.2. The Hall–Kier alpha value is -2.02. The van der Waals surface area contributed by atoms with Gasteiger partial charge in [0.25, 0.3) is 0 Å². The second-order valence-electron chi connectivity index (χ2n) is 5.73. The number of aromatic nitrogens is 2. The number of nitrogens with zero attached hydrogens (tertiary/aromatic N) is 2. The van der Waals surface area contributed by atoms with Crippen LogP contribution in [0.4, 0.5) is 0 Å². The molecule has 0 saturated carbocycles. The van der Waals surface area contributed by atoms with Crippen molar-refractivity contribution < 1.29 is 4.79 Å². The first-order chi connectivity index (χ1) is 12.8. The van der Waals surface area contributed by atoms with Gasteiger partial charge in [0.05, 0.1) is 4.88 Å². The number of carbonyl (C=O) groups excluding carboxylic acids is 1. The summed E-state index contributed by atoms with van der Waals surface area (Å²) in [6, 6.07) is 16.3. The Balaban J connectivity index is 1.43. The second kappa shape index (κ2) is 8.12. The molecular weight excluding hydrogens is 380 g/mol. The number of thiophene rings is 2. The summed E-state index contributed by atoms with van der Waals surface area (Å²) < 4.78 is 0. The van der Waals surface area contributed by atoms with Crippen LogP contribution in [0.25, 0.3) is 20.7 Å². The van der Waals surface area contributed by atoms with Crippen LogP contribution in [0.1, 0.15) is 22.5 Å². The number of hydrogen-bond acceptors (Lipinski definition) is 6. The molecule has 0 unspecified atom stereocenters. The molecule has 0 aliphatic carbocycles. The minimum Gasteiger partial charge on any atom is -0.293 e. The van der Waals surface area contributed by atoms with Gasteiger partial charge < -0.3 is 0 Å². The first-order valence-corrected chi connectivity index (χ1v) is 11.0. The quantitative estimate of drug-likeness (QED) is 0.162. The average molecular weight is 397 g/mol. The molecular formula is C20H16N2OS3. The Morgan fingerprint density at radius 3 is 2.77 bits per heavy atom. The number of ketones is 1. The standard InChI is InChI=1S/C20H16N2OS3/c23-16(17-9-5-10-24-17)8-4-11-25-19-15-12-18(14-6-2-1-3-7-14)26-20(15)22-13-21-19/h1-3,5-7,9-10,12-13H,4,8,11H2. The van der Waals surface area contributed by atoms with Crippen LogP contribution < -0.4 is 0 Å². The Bertz CT molecular complexity index is 1010. The summed E-state index contributed by atoms with van der Waals surface area (Å²) in [5.74, 6) is 1.11. The van der Waals surface area contributed by atoms with Gasteiger partial charge in [-0.05, 0) is 35.2 Å². The van der Waals surface area contributed by atoms with Crippen molar-refractivity contribution in [2.45, 2.75) is 17.9 Å². The van der Waals surface area contributed by atoms with Crippen LogP contribution >= 0.6 is 34.4 Å². The fourth-order valence-electron chi connectivity index (χ4n) is 2.66. The molecule has 0 bridgehead atoms. The maximum absolute atomic E-state index is 12.1. The topological polar surface area (TPSA) is 42.9 Å². The summed E-state index contributed by atoms with van der Waals surface area (Å²) >= 11 is 4.91. The van der Waals surface area contributed by atoms with Crippen LogP contribution in [0.15, 0.2) is 65.3 Å². The van der Waals surface area contributed by atoms with E-state index in [0.29, 0.717) is 6.42 Å². The molecule has 4 aromatic rings. The number of rotatable bonds is 7. The predicted molar refractivity (Wildman–Crippen MR) is 111 cm³/mol. The number of thioether (sulfide) groups is 1. The van der Waals surface area contributed by atoms with E-state index >= 15 is 0 Å². The molecule has 0 N–H and O–H groups in total. The number of benzene rings is 1. The highest BCUT2D eigenvalue weighted by molar-refractivity contribution is 7.99. The van der Waals surface area contributed by atoms with Crippen LogP contribution in [0.2, 0.25) is 0 Å². The van der Waals surface area contributed by atoms with Gasteiger partial charge in [0, 0.05) is 16.7 Å². The van der Waals surface area contributed by atoms with Gasteiger partial charge in [-0.2, -0.15) is 0 Å². The molecule has 3 aromatic heterocycles. The van der Waals surface area contributed by atoms with E-state index in [2.05, 4.69) is 28.2 Å². The van der Waals surface area contributed by atoms with E-state index in [1.54, 1.807) is 29.4 Å². The van der Waals surface area contributed by atoms with E-state index in [1.165, 1.54) is 21.8 Å². The monoisotopic (exact) mass is 396 g/mol. The molecule has 26 heavy (non-hydrogen) atoms. The summed E-state index contributed by atoms with van der Waals surface area (Å²) in [5, 5.41) is 4.04. The summed E-state index contributed by atoms with van der Waals surface area (Å²) in [6.07, 6.45) is 3.07. The van der Waals surface area contributed by atoms with E-state index in [0.717, 1.165) is 32.3 Å².